The van der Waals surface area contributed by atoms with Crippen LogP contribution in [0.1, 0.15) is 21.6 Å². The van der Waals surface area contributed by atoms with Gasteiger partial charge in [-0.15, -0.1) is 0 Å². The van der Waals surface area contributed by atoms with Crippen LogP contribution in [0.3, 0.4) is 0 Å². The number of hydrogen-bond acceptors (Lipinski definition) is 6. The molecule has 0 bridgehead atoms. The number of anilines is 1. The Morgan fingerprint density at radius 2 is 1.80 bits per heavy atom. The molecule has 4 rings (SSSR count). The summed E-state index contributed by atoms with van der Waals surface area (Å²) in [5, 5.41) is 11.4. The topological polar surface area (TPSA) is 115 Å². The van der Waals surface area contributed by atoms with E-state index in [1.807, 2.05) is 24.3 Å². The smallest absolute Gasteiger partial charge is 0.273 e. The lowest BCUT2D eigenvalue weighted by Crippen LogP contribution is -2.27. The molecular weight excluding hydrogens is 322 g/mol. The fourth-order valence-corrected chi connectivity index (χ4v) is 3.04. The van der Waals surface area contributed by atoms with E-state index >= 15 is 0 Å². The summed E-state index contributed by atoms with van der Waals surface area (Å²) in [6, 6.07) is 11.9. The first-order valence-corrected chi connectivity index (χ1v) is 7.60. The Morgan fingerprint density at radius 1 is 1.12 bits per heavy atom. The molecule has 2 heterocycles. The normalized spacial score (nSPS) is 13.0. The predicted octanol–water partition coefficient (Wildman–Crippen LogP) is 2.28. The maximum Gasteiger partial charge on any atom is 0.273 e. The van der Waals surface area contributed by atoms with Crippen LogP contribution < -0.4 is 5.73 Å². The minimum absolute atomic E-state index is 0.0404. The van der Waals surface area contributed by atoms with Crippen molar-refractivity contribution in [1.29, 1.82) is 0 Å². The van der Waals surface area contributed by atoms with Crippen LogP contribution in [0.4, 0.5) is 11.6 Å². The molecule has 1 aliphatic rings. The van der Waals surface area contributed by atoms with Gasteiger partial charge in [0.05, 0.1) is 10.4 Å². The van der Waals surface area contributed by atoms with Crippen molar-refractivity contribution in [1.82, 2.24) is 14.9 Å². The van der Waals surface area contributed by atoms with E-state index in [2.05, 4.69) is 9.97 Å². The number of nitro groups is 1. The lowest BCUT2D eigenvalue weighted by molar-refractivity contribution is -0.384. The molecule has 3 aromatic rings. The molecule has 0 fully saturated rings. The van der Waals surface area contributed by atoms with Crippen LogP contribution in [-0.2, 0) is 13.1 Å². The summed E-state index contributed by atoms with van der Waals surface area (Å²) < 4.78 is 0. The quantitative estimate of drug-likeness (QED) is 0.567. The average Bonchev–Trinajstić information content (AvgIpc) is 3.04. The molecule has 8 heteroatoms. The first-order chi connectivity index (χ1) is 12.0. The molecule has 1 aliphatic heterocycles. The van der Waals surface area contributed by atoms with Gasteiger partial charge in [-0.25, -0.2) is 9.97 Å². The van der Waals surface area contributed by atoms with Crippen LogP contribution in [0, 0.1) is 10.1 Å². The van der Waals surface area contributed by atoms with Crippen LogP contribution in [0.5, 0.6) is 0 Å². The molecule has 8 nitrogen and oxygen atoms in total. The number of aromatic nitrogens is 2. The zero-order chi connectivity index (χ0) is 17.6. The number of non-ortho nitro benzene ring substituents is 1. The third kappa shape index (κ3) is 2.53. The van der Waals surface area contributed by atoms with E-state index in [9.17, 15) is 14.9 Å². The number of carbonyl (C=O) groups is 1. The summed E-state index contributed by atoms with van der Waals surface area (Å²) in [6.07, 6.45) is 0. The van der Waals surface area contributed by atoms with Crippen molar-refractivity contribution in [2.45, 2.75) is 13.1 Å². The largest absolute Gasteiger partial charge is 0.368 e. The SMILES string of the molecule is Nc1nc(C(=O)N2Cc3ccccc3C2)c2cc([N+](=O)[O-])ccc2n1. The Labute approximate surface area is 142 Å². The summed E-state index contributed by atoms with van der Waals surface area (Å²) >= 11 is 0. The van der Waals surface area contributed by atoms with E-state index in [1.165, 1.54) is 18.2 Å². The first-order valence-electron chi connectivity index (χ1n) is 7.60. The van der Waals surface area contributed by atoms with Crippen molar-refractivity contribution < 1.29 is 9.72 Å². The van der Waals surface area contributed by atoms with Gasteiger partial charge < -0.3 is 10.6 Å². The number of nitrogens with zero attached hydrogens (tertiary/aromatic N) is 4. The van der Waals surface area contributed by atoms with Gasteiger partial charge in [-0.05, 0) is 17.2 Å². The number of rotatable bonds is 2. The Morgan fingerprint density at radius 3 is 2.44 bits per heavy atom. The van der Waals surface area contributed by atoms with Crippen LogP contribution in [-0.4, -0.2) is 25.7 Å². The molecule has 1 aromatic heterocycles. The van der Waals surface area contributed by atoms with Crippen molar-refractivity contribution in [3.63, 3.8) is 0 Å². The number of benzene rings is 2. The number of hydrogen-bond donors (Lipinski definition) is 1. The molecule has 0 radical (unpaired) electrons. The molecule has 0 atom stereocenters. The van der Waals surface area contributed by atoms with E-state index in [0.717, 1.165) is 11.1 Å². The van der Waals surface area contributed by atoms with Gasteiger partial charge >= 0.3 is 0 Å². The second-order valence-electron chi connectivity index (χ2n) is 5.82. The summed E-state index contributed by atoms with van der Waals surface area (Å²) in [4.78, 5) is 33.3. The first kappa shape index (κ1) is 15.0. The Bertz CT molecular complexity index is 1010. The van der Waals surface area contributed by atoms with E-state index < -0.39 is 4.92 Å². The fraction of sp³-hybridized carbons (Fsp3) is 0.118. The minimum Gasteiger partial charge on any atom is -0.368 e. The van der Waals surface area contributed by atoms with Crippen LogP contribution in [0.2, 0.25) is 0 Å². The minimum atomic E-state index is -0.518. The number of carbonyl (C=O) groups excluding carboxylic acids is 1. The maximum atomic E-state index is 13.0. The van der Waals surface area contributed by atoms with Gasteiger partial charge in [-0.2, -0.15) is 0 Å². The highest BCUT2D eigenvalue weighted by atomic mass is 16.6. The van der Waals surface area contributed by atoms with Gasteiger partial charge in [0.15, 0.2) is 0 Å². The average molecular weight is 335 g/mol. The number of amides is 1. The molecule has 0 aliphatic carbocycles. The number of nitrogens with two attached hydrogens (primary N) is 1. The third-order valence-corrected chi connectivity index (χ3v) is 4.24. The summed E-state index contributed by atoms with van der Waals surface area (Å²) in [5.41, 5.74) is 8.23. The Balaban J connectivity index is 1.79. The van der Waals surface area contributed by atoms with Crippen LogP contribution in [0.15, 0.2) is 42.5 Å². The third-order valence-electron chi connectivity index (χ3n) is 4.24. The lowest BCUT2D eigenvalue weighted by Gasteiger charge is -2.16. The second-order valence-corrected chi connectivity index (χ2v) is 5.82. The van der Waals surface area contributed by atoms with Crippen LogP contribution >= 0.6 is 0 Å². The van der Waals surface area contributed by atoms with E-state index in [4.69, 9.17) is 5.73 Å². The number of nitro benzene ring substituents is 1. The summed E-state index contributed by atoms with van der Waals surface area (Å²) in [6.45, 7) is 0.935. The van der Waals surface area contributed by atoms with Gasteiger partial charge in [0.25, 0.3) is 11.6 Å². The standard InChI is InChI=1S/C17H13N5O3/c18-17-19-14-6-5-12(22(24)25)7-13(14)15(20-17)16(23)21-8-10-3-1-2-4-11(10)9-21/h1-7H,8-9H2,(H2,18,19,20). The van der Waals surface area contributed by atoms with E-state index in [-0.39, 0.29) is 23.2 Å². The zero-order valence-corrected chi connectivity index (χ0v) is 13.0. The lowest BCUT2D eigenvalue weighted by atomic mass is 10.1. The molecule has 0 spiro atoms. The molecule has 1 amide bonds. The molecule has 0 saturated heterocycles. The number of fused-ring (bicyclic) bond motifs is 2. The summed E-state index contributed by atoms with van der Waals surface area (Å²) in [5.74, 6) is -0.364. The van der Waals surface area contributed by atoms with Crippen molar-refractivity contribution >= 4 is 28.4 Å². The molecule has 2 aromatic carbocycles. The number of nitrogen functional groups attached to an aromatic ring is 1. The maximum absolute atomic E-state index is 13.0. The fourth-order valence-electron chi connectivity index (χ4n) is 3.04. The van der Waals surface area contributed by atoms with Gasteiger partial charge in [-0.1, -0.05) is 24.3 Å². The highest BCUT2D eigenvalue weighted by Crippen LogP contribution is 2.27. The highest BCUT2D eigenvalue weighted by molar-refractivity contribution is 6.05. The van der Waals surface area contributed by atoms with Gasteiger partial charge in [0.1, 0.15) is 5.69 Å². The molecule has 124 valence electrons. The van der Waals surface area contributed by atoms with Crippen molar-refractivity contribution in [2.75, 3.05) is 5.73 Å². The summed E-state index contributed by atoms with van der Waals surface area (Å²) in [7, 11) is 0. The van der Waals surface area contributed by atoms with Crippen LogP contribution in [0.25, 0.3) is 10.9 Å². The second kappa shape index (κ2) is 5.52. The van der Waals surface area contributed by atoms with Gasteiger partial charge in [-0.3, -0.25) is 14.9 Å². The Hall–Kier alpha value is -3.55. The Kier molecular flexibility index (Phi) is 3.31. The van der Waals surface area contributed by atoms with Crippen molar-refractivity contribution in [3.8, 4) is 0 Å². The van der Waals surface area contributed by atoms with E-state index in [1.54, 1.807) is 4.90 Å². The monoisotopic (exact) mass is 335 g/mol. The van der Waals surface area contributed by atoms with Crippen molar-refractivity contribution in [2.24, 2.45) is 0 Å². The predicted molar refractivity (Wildman–Crippen MR) is 90.6 cm³/mol. The molecule has 25 heavy (non-hydrogen) atoms. The van der Waals surface area contributed by atoms with E-state index in [0.29, 0.717) is 24.0 Å². The van der Waals surface area contributed by atoms with Gasteiger partial charge in [0, 0.05) is 30.6 Å². The molecular formula is C17H13N5O3. The molecule has 2 N–H and O–H groups in total. The molecule has 0 unspecified atom stereocenters. The van der Waals surface area contributed by atoms with Gasteiger partial charge in [0.2, 0.25) is 5.95 Å². The highest BCUT2D eigenvalue weighted by Gasteiger charge is 2.27. The zero-order valence-electron chi connectivity index (χ0n) is 13.0. The van der Waals surface area contributed by atoms with Crippen molar-refractivity contribution in [3.05, 3.63) is 69.4 Å². The molecule has 0 saturated carbocycles.